The van der Waals surface area contributed by atoms with Crippen molar-refractivity contribution in [3.8, 4) is 0 Å². The maximum absolute atomic E-state index is 12.1. The zero-order chi connectivity index (χ0) is 14.6. The Morgan fingerprint density at radius 2 is 2.20 bits per heavy atom. The molecule has 112 valence electrons. The lowest BCUT2D eigenvalue weighted by Crippen LogP contribution is -2.27. The van der Waals surface area contributed by atoms with Gasteiger partial charge < -0.3 is 5.73 Å². The van der Waals surface area contributed by atoms with Crippen molar-refractivity contribution < 1.29 is 8.42 Å². The fourth-order valence-electron chi connectivity index (χ4n) is 2.85. The van der Waals surface area contributed by atoms with Gasteiger partial charge in [-0.25, -0.2) is 18.1 Å². The minimum Gasteiger partial charge on any atom is -0.384 e. The van der Waals surface area contributed by atoms with Crippen molar-refractivity contribution in [1.29, 1.82) is 0 Å². The summed E-state index contributed by atoms with van der Waals surface area (Å²) in [5.74, 6) is 1.73. The lowest BCUT2D eigenvalue weighted by Gasteiger charge is -2.26. The fraction of sp³-hybridized carbons (Fsp3) is 0.643. The normalized spacial score (nSPS) is 23.6. The molecule has 2 rings (SSSR count). The molecule has 0 radical (unpaired) electrons. The standard InChI is InChI=1S/C14H23N3O2S/c1-11-3-2-4-12(9-11)7-8-17-20(18,19)13-5-6-14(15)16-10-13/h5-6,10-12,17H,2-4,7-9H2,1H3,(H2,15,16). The van der Waals surface area contributed by atoms with Gasteiger partial charge in [-0.1, -0.05) is 26.2 Å². The number of nitrogen functional groups attached to an aromatic ring is 1. The van der Waals surface area contributed by atoms with Crippen LogP contribution in [0.1, 0.15) is 39.0 Å². The van der Waals surface area contributed by atoms with Crippen molar-refractivity contribution in [1.82, 2.24) is 9.71 Å². The molecule has 0 aliphatic heterocycles. The van der Waals surface area contributed by atoms with Crippen LogP contribution >= 0.6 is 0 Å². The number of nitrogens with one attached hydrogen (secondary N) is 1. The molecule has 1 fully saturated rings. The highest BCUT2D eigenvalue weighted by atomic mass is 32.2. The fourth-order valence-corrected chi connectivity index (χ4v) is 3.85. The van der Waals surface area contributed by atoms with Crippen molar-refractivity contribution in [3.63, 3.8) is 0 Å². The van der Waals surface area contributed by atoms with E-state index in [9.17, 15) is 8.42 Å². The summed E-state index contributed by atoms with van der Waals surface area (Å²) in [6, 6.07) is 2.98. The van der Waals surface area contributed by atoms with Gasteiger partial charge in [0.2, 0.25) is 10.0 Å². The highest BCUT2D eigenvalue weighted by molar-refractivity contribution is 7.89. The van der Waals surface area contributed by atoms with E-state index in [4.69, 9.17) is 5.73 Å². The van der Waals surface area contributed by atoms with Crippen LogP contribution in [0.15, 0.2) is 23.2 Å². The minimum atomic E-state index is -3.46. The zero-order valence-corrected chi connectivity index (χ0v) is 12.7. The van der Waals surface area contributed by atoms with Gasteiger partial charge in [0.05, 0.1) is 0 Å². The Labute approximate surface area is 121 Å². The van der Waals surface area contributed by atoms with Gasteiger partial charge in [0, 0.05) is 12.7 Å². The van der Waals surface area contributed by atoms with Crippen LogP contribution in [-0.4, -0.2) is 19.9 Å². The van der Waals surface area contributed by atoms with Gasteiger partial charge >= 0.3 is 0 Å². The topological polar surface area (TPSA) is 85.1 Å². The van der Waals surface area contributed by atoms with Gasteiger partial charge in [0.15, 0.2) is 0 Å². The molecule has 5 nitrogen and oxygen atoms in total. The first-order chi connectivity index (χ1) is 9.47. The van der Waals surface area contributed by atoms with Crippen molar-refractivity contribution in [3.05, 3.63) is 18.3 Å². The highest BCUT2D eigenvalue weighted by Gasteiger charge is 2.20. The summed E-state index contributed by atoms with van der Waals surface area (Å²) < 4.78 is 26.8. The third-order valence-electron chi connectivity index (χ3n) is 3.96. The smallest absolute Gasteiger partial charge is 0.242 e. The number of nitrogens with two attached hydrogens (primary N) is 1. The summed E-state index contributed by atoms with van der Waals surface area (Å²) in [4.78, 5) is 3.98. The minimum absolute atomic E-state index is 0.170. The van der Waals surface area contributed by atoms with Gasteiger partial charge in [0.1, 0.15) is 10.7 Å². The molecule has 1 aliphatic carbocycles. The van der Waals surface area contributed by atoms with Gasteiger partial charge in [-0.05, 0) is 36.8 Å². The van der Waals surface area contributed by atoms with E-state index in [0.717, 1.165) is 12.3 Å². The summed E-state index contributed by atoms with van der Waals surface area (Å²) in [5, 5.41) is 0. The van der Waals surface area contributed by atoms with E-state index in [1.807, 2.05) is 0 Å². The summed E-state index contributed by atoms with van der Waals surface area (Å²) in [6.45, 7) is 2.76. The Morgan fingerprint density at radius 3 is 2.85 bits per heavy atom. The molecule has 0 aromatic carbocycles. The largest absolute Gasteiger partial charge is 0.384 e. The van der Waals surface area contributed by atoms with E-state index >= 15 is 0 Å². The summed E-state index contributed by atoms with van der Waals surface area (Å²) in [6.07, 6.45) is 7.20. The van der Waals surface area contributed by atoms with E-state index in [2.05, 4.69) is 16.6 Å². The molecule has 2 unspecified atom stereocenters. The van der Waals surface area contributed by atoms with Crippen LogP contribution in [0.3, 0.4) is 0 Å². The first-order valence-electron chi connectivity index (χ1n) is 7.18. The molecule has 0 bridgehead atoms. The van der Waals surface area contributed by atoms with Gasteiger partial charge in [-0.3, -0.25) is 0 Å². The summed E-state index contributed by atoms with van der Waals surface area (Å²) in [7, 11) is -3.46. The molecular weight excluding hydrogens is 274 g/mol. The summed E-state index contributed by atoms with van der Waals surface area (Å²) in [5.41, 5.74) is 5.45. The van der Waals surface area contributed by atoms with Crippen molar-refractivity contribution in [2.75, 3.05) is 12.3 Å². The number of pyridine rings is 1. The number of anilines is 1. The number of aromatic nitrogens is 1. The zero-order valence-electron chi connectivity index (χ0n) is 11.9. The molecule has 2 atom stereocenters. The van der Waals surface area contributed by atoms with Crippen LogP contribution in [0.5, 0.6) is 0 Å². The molecule has 0 amide bonds. The van der Waals surface area contributed by atoms with E-state index in [0.29, 0.717) is 18.3 Å². The molecule has 1 saturated carbocycles. The Kier molecular flexibility index (Phi) is 4.99. The second-order valence-electron chi connectivity index (χ2n) is 5.74. The number of nitrogens with zero attached hydrogens (tertiary/aromatic N) is 1. The first kappa shape index (κ1) is 15.3. The number of rotatable bonds is 5. The molecule has 20 heavy (non-hydrogen) atoms. The van der Waals surface area contributed by atoms with Crippen LogP contribution in [0.25, 0.3) is 0 Å². The molecule has 1 aliphatic rings. The van der Waals surface area contributed by atoms with Crippen molar-refractivity contribution >= 4 is 15.8 Å². The molecule has 3 N–H and O–H groups in total. The van der Waals surface area contributed by atoms with E-state index < -0.39 is 10.0 Å². The average Bonchev–Trinajstić information content (AvgIpc) is 2.39. The third kappa shape index (κ3) is 4.18. The molecule has 6 heteroatoms. The Morgan fingerprint density at radius 1 is 1.40 bits per heavy atom. The average molecular weight is 297 g/mol. The maximum Gasteiger partial charge on any atom is 0.242 e. The Bertz CT molecular complexity index is 528. The van der Waals surface area contributed by atoms with Gasteiger partial charge in [-0.15, -0.1) is 0 Å². The van der Waals surface area contributed by atoms with Crippen LogP contribution in [0, 0.1) is 11.8 Å². The second kappa shape index (κ2) is 6.54. The lowest BCUT2D eigenvalue weighted by molar-refractivity contribution is 0.271. The molecule has 0 spiro atoms. The molecular formula is C14H23N3O2S. The maximum atomic E-state index is 12.1. The Balaban J connectivity index is 1.85. The molecule has 0 saturated heterocycles. The number of hydrogen-bond acceptors (Lipinski definition) is 4. The second-order valence-corrected chi connectivity index (χ2v) is 7.51. The predicted molar refractivity (Wildman–Crippen MR) is 79.6 cm³/mol. The van der Waals surface area contributed by atoms with E-state index in [1.54, 1.807) is 0 Å². The number of hydrogen-bond donors (Lipinski definition) is 2. The van der Waals surface area contributed by atoms with E-state index in [1.165, 1.54) is 44.0 Å². The monoisotopic (exact) mass is 297 g/mol. The van der Waals surface area contributed by atoms with E-state index in [-0.39, 0.29) is 4.90 Å². The Hall–Kier alpha value is -1.14. The van der Waals surface area contributed by atoms with Crippen molar-refractivity contribution in [2.24, 2.45) is 11.8 Å². The van der Waals surface area contributed by atoms with Crippen LogP contribution in [0.2, 0.25) is 0 Å². The third-order valence-corrected chi connectivity index (χ3v) is 5.41. The van der Waals surface area contributed by atoms with Crippen LogP contribution < -0.4 is 10.5 Å². The quantitative estimate of drug-likeness (QED) is 0.872. The van der Waals surface area contributed by atoms with Crippen LogP contribution in [-0.2, 0) is 10.0 Å². The molecule has 1 heterocycles. The predicted octanol–water partition coefficient (Wildman–Crippen LogP) is 2.16. The van der Waals surface area contributed by atoms with Gasteiger partial charge in [-0.2, -0.15) is 0 Å². The van der Waals surface area contributed by atoms with Crippen LogP contribution in [0.4, 0.5) is 5.82 Å². The first-order valence-corrected chi connectivity index (χ1v) is 8.67. The van der Waals surface area contributed by atoms with Gasteiger partial charge in [0.25, 0.3) is 0 Å². The number of sulfonamides is 1. The highest BCUT2D eigenvalue weighted by Crippen LogP contribution is 2.30. The lowest BCUT2D eigenvalue weighted by atomic mass is 9.81. The molecule has 1 aromatic rings. The summed E-state index contributed by atoms with van der Waals surface area (Å²) >= 11 is 0. The SMILES string of the molecule is CC1CCCC(CCNS(=O)(=O)c2ccc(N)nc2)C1. The molecule has 1 aromatic heterocycles. The van der Waals surface area contributed by atoms with Crippen molar-refractivity contribution in [2.45, 2.75) is 43.9 Å².